The second kappa shape index (κ2) is 6.00. The average molecular weight is 252 g/mol. The summed E-state index contributed by atoms with van der Waals surface area (Å²) in [5.74, 6) is -0.363. The second-order valence-electron chi connectivity index (χ2n) is 5.09. The molecule has 0 bridgehead atoms. The van der Waals surface area contributed by atoms with Crippen molar-refractivity contribution in [2.45, 2.75) is 44.2 Å². The molecule has 1 heterocycles. The summed E-state index contributed by atoms with van der Waals surface area (Å²) in [5, 5.41) is 14.5. The van der Waals surface area contributed by atoms with Gasteiger partial charge in [0.25, 0.3) is 0 Å². The summed E-state index contributed by atoms with van der Waals surface area (Å²) in [6.45, 7) is 0.276. The zero-order valence-electron chi connectivity index (χ0n) is 10.4. The highest BCUT2D eigenvalue weighted by Crippen LogP contribution is 2.33. The maximum absolute atomic E-state index is 11.9. The van der Waals surface area contributed by atoms with E-state index in [1.807, 2.05) is 0 Å². The highest BCUT2D eigenvalue weighted by molar-refractivity contribution is 5.83. The van der Waals surface area contributed by atoms with Gasteiger partial charge in [-0.1, -0.05) is 18.9 Å². The van der Waals surface area contributed by atoms with Crippen molar-refractivity contribution in [2.24, 2.45) is 5.92 Å². The number of aliphatic carboxylic acids is 1. The number of hydrogen-bond acceptors (Lipinski definition) is 3. The van der Waals surface area contributed by atoms with Crippen LogP contribution in [0.1, 0.15) is 32.1 Å². The molecule has 0 radical (unpaired) electrons. The van der Waals surface area contributed by atoms with Gasteiger partial charge in [-0.2, -0.15) is 0 Å². The van der Waals surface area contributed by atoms with E-state index in [0.29, 0.717) is 12.0 Å². The topological polar surface area (TPSA) is 78.4 Å². The first kappa shape index (κ1) is 13.1. The molecular weight excluding hydrogens is 232 g/mol. The third kappa shape index (κ3) is 3.32. The SMILES string of the molecule is O=C(O)/C=C/CNC(=O)C1CC2CCCCC2N1. The molecule has 100 valence electrons. The second-order valence-corrected chi connectivity index (χ2v) is 5.09. The number of rotatable bonds is 4. The fourth-order valence-electron chi connectivity index (χ4n) is 2.96. The monoisotopic (exact) mass is 252 g/mol. The molecule has 0 aromatic rings. The van der Waals surface area contributed by atoms with E-state index in [2.05, 4.69) is 10.6 Å². The Hall–Kier alpha value is -1.36. The zero-order chi connectivity index (χ0) is 13.0. The third-order valence-electron chi connectivity index (χ3n) is 3.83. The van der Waals surface area contributed by atoms with E-state index in [4.69, 9.17) is 5.11 Å². The molecule has 5 nitrogen and oxygen atoms in total. The maximum atomic E-state index is 11.9. The predicted molar refractivity (Wildman–Crippen MR) is 67.1 cm³/mol. The van der Waals surface area contributed by atoms with Gasteiger partial charge >= 0.3 is 5.97 Å². The van der Waals surface area contributed by atoms with E-state index < -0.39 is 5.97 Å². The fourth-order valence-corrected chi connectivity index (χ4v) is 2.96. The van der Waals surface area contributed by atoms with Crippen LogP contribution in [0, 0.1) is 5.92 Å². The summed E-state index contributed by atoms with van der Waals surface area (Å²) in [5.41, 5.74) is 0. The predicted octanol–water partition coefficient (Wildman–Crippen LogP) is 0.664. The number of nitrogens with one attached hydrogen (secondary N) is 2. The van der Waals surface area contributed by atoms with Crippen molar-refractivity contribution in [1.82, 2.24) is 10.6 Å². The van der Waals surface area contributed by atoms with E-state index >= 15 is 0 Å². The van der Waals surface area contributed by atoms with Crippen LogP contribution in [-0.2, 0) is 9.59 Å². The first-order valence-corrected chi connectivity index (χ1v) is 6.60. The van der Waals surface area contributed by atoms with Gasteiger partial charge in [-0.25, -0.2) is 4.79 Å². The number of carboxylic acid groups (broad SMARTS) is 1. The van der Waals surface area contributed by atoms with E-state index in [0.717, 1.165) is 12.5 Å². The van der Waals surface area contributed by atoms with Crippen LogP contribution in [0.3, 0.4) is 0 Å². The Morgan fingerprint density at radius 3 is 2.83 bits per heavy atom. The first-order valence-electron chi connectivity index (χ1n) is 6.60. The smallest absolute Gasteiger partial charge is 0.328 e. The van der Waals surface area contributed by atoms with Crippen LogP contribution in [0.15, 0.2) is 12.2 Å². The third-order valence-corrected chi connectivity index (χ3v) is 3.83. The molecule has 5 heteroatoms. The highest BCUT2D eigenvalue weighted by atomic mass is 16.4. The standard InChI is InChI=1S/C13H20N2O3/c16-12(17)6-3-7-14-13(18)11-8-9-4-1-2-5-10(9)15-11/h3,6,9-11,15H,1-2,4-5,7-8H2,(H,14,18)(H,16,17)/b6-3+. The van der Waals surface area contributed by atoms with Gasteiger partial charge in [0, 0.05) is 18.7 Å². The van der Waals surface area contributed by atoms with Gasteiger partial charge in [-0.15, -0.1) is 0 Å². The highest BCUT2D eigenvalue weighted by Gasteiger charge is 2.37. The molecule has 2 rings (SSSR count). The molecule has 1 aliphatic heterocycles. The van der Waals surface area contributed by atoms with Gasteiger partial charge in [0.15, 0.2) is 0 Å². The van der Waals surface area contributed by atoms with E-state index in [1.165, 1.54) is 31.8 Å². The number of carbonyl (C=O) groups excluding carboxylic acids is 1. The zero-order valence-corrected chi connectivity index (χ0v) is 10.4. The molecule has 0 spiro atoms. The molecule has 1 aliphatic carbocycles. The molecule has 1 saturated carbocycles. The molecule has 3 unspecified atom stereocenters. The minimum absolute atomic E-state index is 0.0144. The number of fused-ring (bicyclic) bond motifs is 1. The largest absolute Gasteiger partial charge is 0.478 e. The van der Waals surface area contributed by atoms with Crippen LogP contribution in [0.2, 0.25) is 0 Å². The Labute approximate surface area is 107 Å². The molecule has 3 N–H and O–H groups in total. The fraction of sp³-hybridized carbons (Fsp3) is 0.692. The molecule has 18 heavy (non-hydrogen) atoms. The lowest BCUT2D eigenvalue weighted by Crippen LogP contribution is -2.43. The van der Waals surface area contributed by atoms with Crippen LogP contribution < -0.4 is 10.6 Å². The number of carbonyl (C=O) groups is 2. The summed E-state index contributed by atoms with van der Waals surface area (Å²) in [4.78, 5) is 22.1. The van der Waals surface area contributed by atoms with Crippen LogP contribution in [0.4, 0.5) is 0 Å². The summed E-state index contributed by atoms with van der Waals surface area (Å²) in [6, 6.07) is 0.403. The number of hydrogen-bond donors (Lipinski definition) is 3. The van der Waals surface area contributed by atoms with Crippen molar-refractivity contribution in [1.29, 1.82) is 0 Å². The Bertz CT molecular complexity index is 340. The Kier molecular flexibility index (Phi) is 4.36. The lowest BCUT2D eigenvalue weighted by Gasteiger charge is -2.24. The molecule has 2 aliphatic rings. The van der Waals surface area contributed by atoms with Crippen molar-refractivity contribution in [3.63, 3.8) is 0 Å². The van der Waals surface area contributed by atoms with Crippen molar-refractivity contribution in [2.75, 3.05) is 6.54 Å². The summed E-state index contributed by atoms with van der Waals surface area (Å²) in [7, 11) is 0. The van der Waals surface area contributed by atoms with Crippen LogP contribution >= 0.6 is 0 Å². The number of amides is 1. The lowest BCUT2D eigenvalue weighted by atomic mass is 9.85. The van der Waals surface area contributed by atoms with Crippen molar-refractivity contribution < 1.29 is 14.7 Å². The van der Waals surface area contributed by atoms with Crippen LogP contribution in [-0.4, -0.2) is 35.6 Å². The Balaban J connectivity index is 1.75. The van der Waals surface area contributed by atoms with Crippen LogP contribution in [0.5, 0.6) is 0 Å². The Morgan fingerprint density at radius 1 is 1.33 bits per heavy atom. The van der Waals surface area contributed by atoms with Crippen LogP contribution in [0.25, 0.3) is 0 Å². The van der Waals surface area contributed by atoms with Crippen molar-refractivity contribution in [3.8, 4) is 0 Å². The van der Waals surface area contributed by atoms with E-state index in [9.17, 15) is 9.59 Å². The first-order chi connectivity index (χ1) is 8.66. The van der Waals surface area contributed by atoms with Gasteiger partial charge < -0.3 is 15.7 Å². The van der Waals surface area contributed by atoms with Crippen molar-refractivity contribution in [3.05, 3.63) is 12.2 Å². The van der Waals surface area contributed by atoms with Gasteiger partial charge in [-0.05, 0) is 25.2 Å². The quantitative estimate of drug-likeness (QED) is 0.642. The maximum Gasteiger partial charge on any atom is 0.328 e. The van der Waals surface area contributed by atoms with E-state index in [-0.39, 0.29) is 18.5 Å². The molecule has 3 atom stereocenters. The Morgan fingerprint density at radius 2 is 2.11 bits per heavy atom. The average Bonchev–Trinajstić information content (AvgIpc) is 2.78. The molecule has 1 amide bonds. The minimum Gasteiger partial charge on any atom is -0.478 e. The van der Waals surface area contributed by atoms with Gasteiger partial charge in [-0.3, -0.25) is 4.79 Å². The summed E-state index contributed by atoms with van der Waals surface area (Å²) < 4.78 is 0. The lowest BCUT2D eigenvalue weighted by molar-refractivity contribution is -0.131. The molecule has 0 aromatic heterocycles. The normalized spacial score (nSPS) is 31.2. The molecule has 2 fully saturated rings. The van der Waals surface area contributed by atoms with Gasteiger partial charge in [0.1, 0.15) is 0 Å². The molecular formula is C13H20N2O3. The molecule has 1 saturated heterocycles. The summed E-state index contributed by atoms with van der Waals surface area (Å²) in [6.07, 6.45) is 8.33. The van der Waals surface area contributed by atoms with Gasteiger partial charge in [0.05, 0.1) is 6.04 Å². The van der Waals surface area contributed by atoms with E-state index in [1.54, 1.807) is 0 Å². The number of carboxylic acids is 1. The van der Waals surface area contributed by atoms with Gasteiger partial charge in [0.2, 0.25) is 5.91 Å². The summed E-state index contributed by atoms with van der Waals surface area (Å²) >= 11 is 0. The minimum atomic E-state index is -0.991. The van der Waals surface area contributed by atoms with Crippen molar-refractivity contribution >= 4 is 11.9 Å². The molecule has 0 aromatic carbocycles.